The van der Waals surface area contributed by atoms with Crippen molar-refractivity contribution in [3.05, 3.63) is 32.4 Å². The van der Waals surface area contributed by atoms with Gasteiger partial charge in [0.25, 0.3) is 5.70 Å². The van der Waals surface area contributed by atoms with Crippen LogP contribution in [-0.4, -0.2) is 9.91 Å². The number of aryl methyl sites for hydroxylation is 1. The lowest BCUT2D eigenvalue weighted by Crippen LogP contribution is -2.25. The third-order valence-corrected chi connectivity index (χ3v) is 3.81. The molecule has 0 aliphatic heterocycles. The second kappa shape index (κ2) is 2.97. The molecule has 2 aliphatic carbocycles. The first-order valence-electron chi connectivity index (χ1n) is 5.70. The molecule has 1 aromatic rings. The second-order valence-corrected chi connectivity index (χ2v) is 4.89. The van der Waals surface area contributed by atoms with E-state index in [0.29, 0.717) is 5.70 Å². The lowest BCUT2D eigenvalue weighted by molar-refractivity contribution is -0.389. The van der Waals surface area contributed by atoms with E-state index in [-0.39, 0.29) is 10.3 Å². The van der Waals surface area contributed by atoms with Crippen molar-refractivity contribution in [2.75, 3.05) is 0 Å². The number of nitro groups is 1. The van der Waals surface area contributed by atoms with Crippen LogP contribution >= 0.6 is 0 Å². The van der Waals surface area contributed by atoms with Gasteiger partial charge in [-0.3, -0.25) is 10.1 Å². The summed E-state index contributed by atoms with van der Waals surface area (Å²) in [6, 6.07) is 1.90. The van der Waals surface area contributed by atoms with Crippen LogP contribution in [0.15, 0.2) is 6.07 Å². The van der Waals surface area contributed by atoms with Crippen LogP contribution in [0.25, 0.3) is 11.8 Å². The maximum atomic E-state index is 11.3. The summed E-state index contributed by atoms with van der Waals surface area (Å²) in [6.45, 7) is 1.94. The summed E-state index contributed by atoms with van der Waals surface area (Å²) in [6.07, 6.45) is 6.12. The molecule has 0 saturated heterocycles. The molecule has 2 aliphatic rings. The SMILES string of the molecule is Cc1cc2c([nH]1)=CC1(CCCC1)C=2[N+](=O)[O-]. The van der Waals surface area contributed by atoms with Crippen LogP contribution in [0.3, 0.4) is 0 Å². The van der Waals surface area contributed by atoms with Crippen molar-refractivity contribution >= 4 is 11.8 Å². The molecular formula is C12H14N2O2. The number of aromatic amines is 1. The zero-order chi connectivity index (χ0) is 11.3. The fraction of sp³-hybridized carbons (Fsp3) is 0.500. The Hall–Kier alpha value is -1.58. The average molecular weight is 218 g/mol. The molecule has 84 valence electrons. The standard InChI is InChI=1S/C12H14N2O2/c1-8-6-9-10(13-8)7-12(4-2-3-5-12)11(9)14(15)16/h6-7,13H,2-5H2,1H3. The summed E-state index contributed by atoms with van der Waals surface area (Å²) < 4.78 is 0. The predicted octanol–water partition coefficient (Wildman–Crippen LogP) is 1.06. The van der Waals surface area contributed by atoms with E-state index < -0.39 is 0 Å². The summed E-state index contributed by atoms with van der Waals surface area (Å²) in [5.41, 5.74) is 1.14. The summed E-state index contributed by atoms with van der Waals surface area (Å²) in [5, 5.41) is 13.0. The van der Waals surface area contributed by atoms with E-state index in [9.17, 15) is 10.1 Å². The lowest BCUT2D eigenvalue weighted by atomic mass is 9.84. The molecule has 0 aromatic carbocycles. The van der Waals surface area contributed by atoms with Crippen molar-refractivity contribution < 1.29 is 4.92 Å². The van der Waals surface area contributed by atoms with Crippen LogP contribution in [0.2, 0.25) is 0 Å². The molecule has 1 N–H and O–H groups in total. The Balaban J connectivity index is 2.32. The average Bonchev–Trinajstić information content (AvgIpc) is 2.81. The number of rotatable bonds is 1. The predicted molar refractivity (Wildman–Crippen MR) is 60.5 cm³/mol. The molecular weight excluding hydrogens is 204 g/mol. The fourth-order valence-electron chi connectivity index (χ4n) is 3.20. The minimum Gasteiger partial charge on any atom is -0.359 e. The van der Waals surface area contributed by atoms with Crippen molar-refractivity contribution in [2.24, 2.45) is 5.41 Å². The molecule has 1 aromatic heterocycles. The quantitative estimate of drug-likeness (QED) is 0.566. The summed E-state index contributed by atoms with van der Waals surface area (Å²) >= 11 is 0. The van der Waals surface area contributed by atoms with Gasteiger partial charge in [0.2, 0.25) is 0 Å². The van der Waals surface area contributed by atoms with Crippen molar-refractivity contribution in [3.63, 3.8) is 0 Å². The second-order valence-electron chi connectivity index (χ2n) is 4.89. The monoisotopic (exact) mass is 218 g/mol. The third kappa shape index (κ3) is 1.10. The summed E-state index contributed by atoms with van der Waals surface area (Å²) in [7, 11) is 0. The third-order valence-electron chi connectivity index (χ3n) is 3.81. The molecule has 1 heterocycles. The van der Waals surface area contributed by atoms with Crippen LogP contribution in [0.4, 0.5) is 0 Å². The lowest BCUT2D eigenvalue weighted by Gasteiger charge is -2.18. The smallest absolute Gasteiger partial charge is 0.265 e. The molecule has 0 atom stereocenters. The number of fused-ring (bicyclic) bond motifs is 1. The van der Waals surface area contributed by atoms with Crippen molar-refractivity contribution in [2.45, 2.75) is 32.6 Å². The van der Waals surface area contributed by atoms with E-state index in [2.05, 4.69) is 11.1 Å². The van der Waals surface area contributed by atoms with Gasteiger partial charge in [0.1, 0.15) is 0 Å². The molecule has 16 heavy (non-hydrogen) atoms. The van der Waals surface area contributed by atoms with E-state index >= 15 is 0 Å². The van der Waals surface area contributed by atoms with Gasteiger partial charge < -0.3 is 4.98 Å². The van der Waals surface area contributed by atoms with Gasteiger partial charge in [-0.2, -0.15) is 0 Å². The number of nitrogens with one attached hydrogen (secondary N) is 1. The van der Waals surface area contributed by atoms with E-state index in [1.54, 1.807) is 0 Å². The zero-order valence-corrected chi connectivity index (χ0v) is 9.25. The minimum atomic E-state index is -0.279. The van der Waals surface area contributed by atoms with Gasteiger partial charge in [-0.25, -0.2) is 0 Å². The Bertz CT molecular complexity index is 577. The highest BCUT2D eigenvalue weighted by Gasteiger charge is 2.46. The largest absolute Gasteiger partial charge is 0.359 e. The molecule has 1 spiro atoms. The molecule has 0 radical (unpaired) electrons. The van der Waals surface area contributed by atoms with E-state index in [1.165, 1.54) is 0 Å². The normalized spacial score (nSPS) is 21.2. The first-order valence-corrected chi connectivity index (χ1v) is 5.70. The van der Waals surface area contributed by atoms with Gasteiger partial charge in [0.15, 0.2) is 0 Å². The first-order chi connectivity index (χ1) is 7.62. The van der Waals surface area contributed by atoms with Crippen molar-refractivity contribution in [1.29, 1.82) is 0 Å². The topological polar surface area (TPSA) is 58.9 Å². The summed E-state index contributed by atoms with van der Waals surface area (Å²) in [5.74, 6) is 0. The fourth-order valence-corrected chi connectivity index (χ4v) is 3.20. The zero-order valence-electron chi connectivity index (χ0n) is 9.25. The van der Waals surface area contributed by atoms with Crippen LogP contribution in [0.5, 0.6) is 0 Å². The number of aromatic nitrogens is 1. The number of hydrogen-bond acceptors (Lipinski definition) is 2. The number of nitrogens with zero attached hydrogens (tertiary/aromatic N) is 1. The van der Waals surface area contributed by atoms with E-state index in [4.69, 9.17) is 0 Å². The van der Waals surface area contributed by atoms with Crippen molar-refractivity contribution in [1.82, 2.24) is 4.98 Å². The van der Waals surface area contributed by atoms with Gasteiger partial charge in [-0.05, 0) is 31.9 Å². The Morgan fingerprint density at radius 3 is 2.75 bits per heavy atom. The summed E-state index contributed by atoms with van der Waals surface area (Å²) in [4.78, 5) is 14.3. The van der Waals surface area contributed by atoms with Crippen molar-refractivity contribution in [3.8, 4) is 0 Å². The molecule has 0 amide bonds. The molecule has 3 rings (SSSR count). The highest BCUT2D eigenvalue weighted by atomic mass is 16.6. The van der Waals surface area contributed by atoms with Gasteiger partial charge in [-0.15, -0.1) is 0 Å². The number of H-pyrrole nitrogens is 1. The Kier molecular flexibility index (Phi) is 1.79. The van der Waals surface area contributed by atoms with Gasteiger partial charge in [0, 0.05) is 11.0 Å². The molecule has 4 heteroatoms. The molecule has 1 fully saturated rings. The Morgan fingerprint density at radius 2 is 2.12 bits per heavy atom. The van der Waals surface area contributed by atoms with Gasteiger partial charge >= 0.3 is 0 Å². The Labute approximate surface area is 92.8 Å². The van der Waals surface area contributed by atoms with E-state index in [1.807, 2.05) is 13.0 Å². The van der Waals surface area contributed by atoms with Crippen LogP contribution in [0, 0.1) is 22.5 Å². The van der Waals surface area contributed by atoms with Gasteiger partial charge in [-0.1, -0.05) is 12.8 Å². The molecule has 4 nitrogen and oxygen atoms in total. The van der Waals surface area contributed by atoms with Gasteiger partial charge in [0.05, 0.1) is 15.6 Å². The molecule has 0 unspecified atom stereocenters. The number of hydrogen-bond donors (Lipinski definition) is 1. The van der Waals surface area contributed by atoms with Crippen LogP contribution < -0.4 is 10.6 Å². The minimum absolute atomic E-state index is 0.180. The Morgan fingerprint density at radius 1 is 1.44 bits per heavy atom. The maximum Gasteiger partial charge on any atom is 0.265 e. The van der Waals surface area contributed by atoms with Crippen LogP contribution in [-0.2, 0) is 0 Å². The van der Waals surface area contributed by atoms with E-state index in [0.717, 1.165) is 41.9 Å². The molecule has 1 saturated carbocycles. The highest BCUT2D eigenvalue weighted by Crippen LogP contribution is 2.47. The highest BCUT2D eigenvalue weighted by molar-refractivity contribution is 5.63. The first kappa shape index (κ1) is 9.63. The molecule has 0 bridgehead atoms. The van der Waals surface area contributed by atoms with Crippen LogP contribution in [0.1, 0.15) is 31.4 Å². The maximum absolute atomic E-state index is 11.3.